The van der Waals surface area contributed by atoms with Crippen molar-refractivity contribution in [3.8, 4) is 0 Å². The highest BCUT2D eigenvalue weighted by Crippen LogP contribution is 2.06. The van der Waals surface area contributed by atoms with Crippen LogP contribution in [0.2, 0.25) is 0 Å². The van der Waals surface area contributed by atoms with Crippen LogP contribution in [0.25, 0.3) is 0 Å². The summed E-state index contributed by atoms with van der Waals surface area (Å²) in [6.07, 6.45) is -0.549. The molecule has 0 radical (unpaired) electrons. The van der Waals surface area contributed by atoms with Crippen LogP contribution in [0.15, 0.2) is 54.6 Å². The standard InChI is InChI=1S/C19H22N2O3/c1-14(24-13-15-7-4-3-5-8-15)18(22)21-12-16-9-6-10-17(11-16)19(23)20-2/h3-11,14H,12-13H2,1-2H3,(H,20,23)(H,21,22)/t14-/m0/s1. The second kappa shape index (κ2) is 8.84. The minimum absolute atomic E-state index is 0.150. The molecule has 2 amide bonds. The van der Waals surface area contributed by atoms with E-state index < -0.39 is 6.10 Å². The lowest BCUT2D eigenvalue weighted by atomic mass is 10.1. The van der Waals surface area contributed by atoms with Gasteiger partial charge in [-0.15, -0.1) is 0 Å². The highest BCUT2D eigenvalue weighted by Gasteiger charge is 2.13. The molecule has 24 heavy (non-hydrogen) atoms. The van der Waals surface area contributed by atoms with E-state index in [-0.39, 0.29) is 11.8 Å². The zero-order chi connectivity index (χ0) is 17.4. The van der Waals surface area contributed by atoms with Crippen LogP contribution in [0.4, 0.5) is 0 Å². The van der Waals surface area contributed by atoms with Gasteiger partial charge in [-0.2, -0.15) is 0 Å². The SMILES string of the molecule is CNC(=O)c1cccc(CNC(=O)[C@H](C)OCc2ccccc2)c1. The van der Waals surface area contributed by atoms with E-state index in [0.29, 0.717) is 18.7 Å². The fraction of sp³-hybridized carbons (Fsp3) is 0.263. The summed E-state index contributed by atoms with van der Waals surface area (Å²) in [6, 6.07) is 16.9. The predicted octanol–water partition coefficient (Wildman–Crippen LogP) is 2.27. The molecule has 0 fully saturated rings. The van der Waals surface area contributed by atoms with E-state index in [2.05, 4.69) is 10.6 Å². The number of benzene rings is 2. The molecule has 0 spiro atoms. The molecule has 0 unspecified atom stereocenters. The molecule has 5 heteroatoms. The molecule has 0 aromatic heterocycles. The van der Waals surface area contributed by atoms with Gasteiger partial charge in [0.1, 0.15) is 6.10 Å². The fourth-order valence-electron chi connectivity index (χ4n) is 2.17. The van der Waals surface area contributed by atoms with Crippen LogP contribution in [0.5, 0.6) is 0 Å². The lowest BCUT2D eigenvalue weighted by molar-refractivity contribution is -0.132. The molecule has 0 aliphatic heterocycles. The summed E-state index contributed by atoms with van der Waals surface area (Å²) in [5.74, 6) is -0.334. The minimum Gasteiger partial charge on any atom is -0.364 e. The van der Waals surface area contributed by atoms with Gasteiger partial charge in [0.05, 0.1) is 6.61 Å². The van der Waals surface area contributed by atoms with Crippen molar-refractivity contribution < 1.29 is 14.3 Å². The Balaban J connectivity index is 1.83. The quantitative estimate of drug-likeness (QED) is 0.820. The van der Waals surface area contributed by atoms with Crippen molar-refractivity contribution in [1.82, 2.24) is 10.6 Å². The monoisotopic (exact) mass is 326 g/mol. The second-order valence-corrected chi connectivity index (χ2v) is 5.44. The van der Waals surface area contributed by atoms with E-state index in [9.17, 15) is 9.59 Å². The Bertz CT molecular complexity index is 686. The number of carbonyl (C=O) groups excluding carboxylic acids is 2. The summed E-state index contributed by atoms with van der Waals surface area (Å²) in [7, 11) is 1.59. The Morgan fingerprint density at radius 1 is 1.04 bits per heavy atom. The van der Waals surface area contributed by atoms with Crippen molar-refractivity contribution in [2.24, 2.45) is 0 Å². The summed E-state index contributed by atoms with van der Waals surface area (Å²) < 4.78 is 5.58. The molecule has 1 atom stereocenters. The Morgan fingerprint density at radius 2 is 1.75 bits per heavy atom. The molecule has 126 valence electrons. The third-order valence-corrected chi connectivity index (χ3v) is 3.60. The lowest BCUT2D eigenvalue weighted by Gasteiger charge is -2.14. The number of carbonyl (C=O) groups is 2. The lowest BCUT2D eigenvalue weighted by Crippen LogP contribution is -2.34. The number of rotatable bonds is 7. The molecule has 2 aromatic rings. The van der Waals surface area contributed by atoms with Crippen LogP contribution in [-0.4, -0.2) is 25.0 Å². The second-order valence-electron chi connectivity index (χ2n) is 5.44. The molecule has 5 nitrogen and oxygen atoms in total. The van der Waals surface area contributed by atoms with Gasteiger partial charge >= 0.3 is 0 Å². The van der Waals surface area contributed by atoms with Gasteiger partial charge in [0.25, 0.3) is 5.91 Å². The largest absolute Gasteiger partial charge is 0.364 e. The summed E-state index contributed by atoms with van der Waals surface area (Å²) in [5, 5.41) is 5.40. The maximum absolute atomic E-state index is 12.1. The summed E-state index contributed by atoms with van der Waals surface area (Å²) in [4.78, 5) is 23.7. The Morgan fingerprint density at radius 3 is 2.46 bits per heavy atom. The maximum Gasteiger partial charge on any atom is 0.251 e. The van der Waals surface area contributed by atoms with E-state index in [0.717, 1.165) is 11.1 Å². The van der Waals surface area contributed by atoms with Crippen molar-refractivity contribution in [3.05, 3.63) is 71.3 Å². The van der Waals surface area contributed by atoms with E-state index in [4.69, 9.17) is 4.74 Å². The first-order valence-corrected chi connectivity index (χ1v) is 7.84. The minimum atomic E-state index is -0.549. The molecule has 2 aromatic carbocycles. The molecule has 0 aliphatic carbocycles. The van der Waals surface area contributed by atoms with E-state index in [1.54, 1.807) is 32.2 Å². The molecule has 0 bridgehead atoms. The van der Waals surface area contributed by atoms with Crippen molar-refractivity contribution in [3.63, 3.8) is 0 Å². The average Bonchev–Trinajstić information content (AvgIpc) is 2.64. The Labute approximate surface area is 142 Å². The number of hydrogen-bond donors (Lipinski definition) is 2. The topological polar surface area (TPSA) is 67.4 Å². The Kier molecular flexibility index (Phi) is 6.51. The zero-order valence-corrected chi connectivity index (χ0v) is 13.9. The van der Waals surface area contributed by atoms with Crippen LogP contribution in [0, 0.1) is 0 Å². The molecule has 0 heterocycles. The van der Waals surface area contributed by atoms with Crippen LogP contribution in [0.3, 0.4) is 0 Å². The van der Waals surface area contributed by atoms with Gasteiger partial charge < -0.3 is 15.4 Å². The smallest absolute Gasteiger partial charge is 0.251 e. The summed E-state index contributed by atoms with van der Waals surface area (Å²) >= 11 is 0. The van der Waals surface area contributed by atoms with Gasteiger partial charge in [-0.05, 0) is 30.2 Å². The van der Waals surface area contributed by atoms with Gasteiger partial charge in [-0.25, -0.2) is 0 Å². The van der Waals surface area contributed by atoms with E-state index in [1.165, 1.54) is 0 Å². The van der Waals surface area contributed by atoms with Crippen molar-refractivity contribution >= 4 is 11.8 Å². The Hall–Kier alpha value is -2.66. The van der Waals surface area contributed by atoms with Gasteiger partial charge in [0, 0.05) is 19.2 Å². The molecule has 2 N–H and O–H groups in total. The predicted molar refractivity (Wildman–Crippen MR) is 92.4 cm³/mol. The van der Waals surface area contributed by atoms with Gasteiger partial charge in [-0.3, -0.25) is 9.59 Å². The fourth-order valence-corrected chi connectivity index (χ4v) is 2.17. The first-order valence-electron chi connectivity index (χ1n) is 7.84. The third kappa shape index (κ3) is 5.21. The van der Waals surface area contributed by atoms with Gasteiger partial charge in [-0.1, -0.05) is 42.5 Å². The molecule has 2 rings (SSSR count). The normalized spacial score (nSPS) is 11.6. The third-order valence-electron chi connectivity index (χ3n) is 3.60. The van der Waals surface area contributed by atoms with Crippen LogP contribution in [-0.2, 0) is 22.7 Å². The van der Waals surface area contributed by atoms with Gasteiger partial charge in [0.15, 0.2) is 0 Å². The molecule has 0 aliphatic rings. The van der Waals surface area contributed by atoms with Crippen molar-refractivity contribution in [1.29, 1.82) is 0 Å². The maximum atomic E-state index is 12.1. The molecule has 0 saturated heterocycles. The molecular weight excluding hydrogens is 304 g/mol. The number of amides is 2. The van der Waals surface area contributed by atoms with E-state index in [1.807, 2.05) is 36.4 Å². The number of ether oxygens (including phenoxy) is 1. The first-order chi connectivity index (χ1) is 11.6. The summed E-state index contributed by atoms with van der Waals surface area (Å²) in [6.45, 7) is 2.46. The van der Waals surface area contributed by atoms with Crippen LogP contribution in [0.1, 0.15) is 28.4 Å². The highest BCUT2D eigenvalue weighted by atomic mass is 16.5. The number of hydrogen-bond acceptors (Lipinski definition) is 3. The average molecular weight is 326 g/mol. The number of nitrogens with one attached hydrogen (secondary N) is 2. The molecular formula is C19H22N2O3. The first kappa shape index (κ1) is 17.7. The van der Waals surface area contributed by atoms with Crippen molar-refractivity contribution in [2.75, 3.05) is 7.05 Å². The zero-order valence-electron chi connectivity index (χ0n) is 13.9. The summed E-state index contributed by atoms with van der Waals surface area (Å²) in [5.41, 5.74) is 2.45. The van der Waals surface area contributed by atoms with E-state index >= 15 is 0 Å². The van der Waals surface area contributed by atoms with Crippen molar-refractivity contribution in [2.45, 2.75) is 26.2 Å². The van der Waals surface area contributed by atoms with Crippen LogP contribution < -0.4 is 10.6 Å². The van der Waals surface area contributed by atoms with Gasteiger partial charge in [0.2, 0.25) is 5.91 Å². The molecule has 0 saturated carbocycles. The highest BCUT2D eigenvalue weighted by molar-refractivity contribution is 5.94. The van der Waals surface area contributed by atoms with Crippen LogP contribution >= 0.6 is 0 Å².